The van der Waals surface area contributed by atoms with E-state index in [4.69, 9.17) is 5.84 Å². The average Bonchev–Trinajstić information content (AvgIpc) is 3.46. The molecule has 9 heteroatoms. The van der Waals surface area contributed by atoms with Gasteiger partial charge in [0.15, 0.2) is 5.71 Å². The van der Waals surface area contributed by atoms with Gasteiger partial charge in [-0.3, -0.25) is 14.5 Å². The summed E-state index contributed by atoms with van der Waals surface area (Å²) in [6.45, 7) is 8.19. The van der Waals surface area contributed by atoms with Gasteiger partial charge in [-0.05, 0) is 56.5 Å². The molecule has 0 aliphatic heterocycles. The van der Waals surface area contributed by atoms with Crippen LogP contribution in [0.25, 0.3) is 27.8 Å². The molecule has 0 atom stereocenters. The molecule has 0 aliphatic rings. The van der Waals surface area contributed by atoms with E-state index in [0.717, 1.165) is 38.9 Å². The zero-order chi connectivity index (χ0) is 25.2. The zero-order valence-electron chi connectivity index (χ0n) is 20.6. The lowest BCUT2D eigenvalue weighted by atomic mass is 9.97. The largest absolute Gasteiger partial charge is 0.347 e. The number of fused-ring (bicyclic) bond motifs is 1. The lowest BCUT2D eigenvalue weighted by Crippen LogP contribution is -2.33. The summed E-state index contributed by atoms with van der Waals surface area (Å²) in [5.74, 6) is 5.04. The summed E-state index contributed by atoms with van der Waals surface area (Å²) in [4.78, 5) is 16.8. The maximum atomic E-state index is 12.5. The number of amides is 1. The number of rotatable bonds is 6. The highest BCUT2D eigenvalue weighted by atomic mass is 16.1. The molecule has 4 rings (SSSR count). The SMILES string of the molecule is Cc1cc(-c2cc(-c3cnn(C)c3)cn3nccc23)ccc1CNC(=O)C(C=NC(C)(C)C)=NN. The third kappa shape index (κ3) is 5.46. The first-order valence-corrected chi connectivity index (χ1v) is 11.3. The number of carbonyl (C=O) groups excluding carboxylic acids is 1. The van der Waals surface area contributed by atoms with Crippen molar-refractivity contribution in [3.8, 4) is 22.3 Å². The molecule has 3 heterocycles. The summed E-state index contributed by atoms with van der Waals surface area (Å²) in [5.41, 5.74) is 7.02. The number of carbonyl (C=O) groups is 1. The van der Waals surface area contributed by atoms with E-state index in [1.54, 1.807) is 10.9 Å². The smallest absolute Gasteiger partial charge is 0.273 e. The van der Waals surface area contributed by atoms with Crippen molar-refractivity contribution in [3.05, 3.63) is 66.2 Å². The molecule has 1 amide bonds. The molecule has 1 aromatic carbocycles. The van der Waals surface area contributed by atoms with Crippen LogP contribution in [0.2, 0.25) is 0 Å². The van der Waals surface area contributed by atoms with Crippen molar-refractivity contribution >= 4 is 23.4 Å². The van der Waals surface area contributed by atoms with Crippen molar-refractivity contribution in [3.63, 3.8) is 0 Å². The Morgan fingerprint density at radius 1 is 1.11 bits per heavy atom. The molecule has 3 aromatic heterocycles. The van der Waals surface area contributed by atoms with Crippen LogP contribution in [0.1, 0.15) is 31.9 Å². The highest BCUT2D eigenvalue weighted by molar-refractivity contribution is 6.60. The number of hydrogen-bond donors (Lipinski definition) is 2. The Labute approximate surface area is 204 Å². The van der Waals surface area contributed by atoms with Gasteiger partial charge in [-0.25, -0.2) is 4.52 Å². The van der Waals surface area contributed by atoms with E-state index in [0.29, 0.717) is 6.54 Å². The summed E-state index contributed by atoms with van der Waals surface area (Å²) >= 11 is 0. The lowest BCUT2D eigenvalue weighted by molar-refractivity contribution is -0.114. The van der Waals surface area contributed by atoms with Crippen LogP contribution in [0.4, 0.5) is 0 Å². The van der Waals surface area contributed by atoms with Crippen molar-refractivity contribution in [2.75, 3.05) is 0 Å². The second-order valence-corrected chi connectivity index (χ2v) is 9.47. The number of hydrogen-bond acceptors (Lipinski definition) is 6. The van der Waals surface area contributed by atoms with Crippen LogP contribution in [0.5, 0.6) is 0 Å². The van der Waals surface area contributed by atoms with Crippen LogP contribution in [0.3, 0.4) is 0 Å². The first-order chi connectivity index (χ1) is 16.6. The lowest BCUT2D eigenvalue weighted by Gasteiger charge is -2.13. The van der Waals surface area contributed by atoms with Gasteiger partial charge in [0.1, 0.15) is 0 Å². The van der Waals surface area contributed by atoms with Crippen molar-refractivity contribution < 1.29 is 4.79 Å². The molecule has 9 nitrogen and oxygen atoms in total. The highest BCUT2D eigenvalue weighted by Gasteiger charge is 2.14. The van der Waals surface area contributed by atoms with E-state index in [1.165, 1.54) is 6.21 Å². The van der Waals surface area contributed by atoms with Crippen molar-refractivity contribution in [2.24, 2.45) is 23.0 Å². The standard InChI is InChI=1S/C26H30N8O/c1-17-10-18(6-7-19(17)12-28-25(35)23(32-27)14-29-26(2,3)4)22-11-20(21-13-31-33(5)15-21)16-34-24(22)8-9-30-34/h6-11,13-16H,12,27H2,1-5H3,(H,28,35). The predicted molar refractivity (Wildman–Crippen MR) is 139 cm³/mol. The number of nitrogens with one attached hydrogen (secondary N) is 1. The van der Waals surface area contributed by atoms with Crippen molar-refractivity contribution in [1.29, 1.82) is 0 Å². The molecule has 0 aliphatic carbocycles. The Morgan fingerprint density at radius 2 is 1.91 bits per heavy atom. The van der Waals surface area contributed by atoms with Gasteiger partial charge in [-0.2, -0.15) is 15.3 Å². The predicted octanol–water partition coefficient (Wildman–Crippen LogP) is 3.51. The summed E-state index contributed by atoms with van der Waals surface area (Å²) in [7, 11) is 1.90. The van der Waals surface area contributed by atoms with E-state index in [1.807, 2.05) is 70.0 Å². The van der Waals surface area contributed by atoms with Gasteiger partial charge in [-0.15, -0.1) is 0 Å². The topological polar surface area (TPSA) is 115 Å². The fourth-order valence-electron chi connectivity index (χ4n) is 3.72. The minimum absolute atomic E-state index is 0.0875. The molecule has 3 N–H and O–H groups in total. The molecule has 35 heavy (non-hydrogen) atoms. The summed E-state index contributed by atoms with van der Waals surface area (Å²) in [6, 6.07) is 10.4. The van der Waals surface area contributed by atoms with Crippen molar-refractivity contribution in [2.45, 2.75) is 39.8 Å². The van der Waals surface area contributed by atoms with Gasteiger partial charge in [0.25, 0.3) is 5.91 Å². The number of hydrazone groups is 1. The van der Waals surface area contributed by atoms with Crippen molar-refractivity contribution in [1.82, 2.24) is 24.7 Å². The van der Waals surface area contributed by atoms with Gasteiger partial charge >= 0.3 is 0 Å². The number of nitrogens with zero attached hydrogens (tertiary/aromatic N) is 6. The van der Waals surface area contributed by atoms with E-state index in [9.17, 15) is 4.79 Å². The maximum Gasteiger partial charge on any atom is 0.273 e. The van der Waals surface area contributed by atoms with E-state index < -0.39 is 0 Å². The molecule has 0 unspecified atom stereocenters. The first-order valence-electron chi connectivity index (χ1n) is 11.3. The molecule has 4 aromatic rings. The molecule has 0 spiro atoms. The molecule has 0 saturated heterocycles. The Hall–Kier alpha value is -4.27. The molecule has 0 radical (unpaired) electrons. The third-order valence-electron chi connectivity index (χ3n) is 5.58. The number of benzene rings is 1. The first kappa shape index (κ1) is 23.9. The van der Waals surface area contributed by atoms with Crippen LogP contribution < -0.4 is 11.2 Å². The number of pyridine rings is 1. The quantitative estimate of drug-likeness (QED) is 0.255. The molecular formula is C26H30N8O. The van der Waals surface area contributed by atoms with Gasteiger partial charge in [-0.1, -0.05) is 18.2 Å². The van der Waals surface area contributed by atoms with Crippen LogP contribution in [-0.4, -0.2) is 42.8 Å². The average molecular weight is 471 g/mol. The number of nitrogens with two attached hydrogens (primary N) is 1. The Morgan fingerprint density at radius 3 is 2.57 bits per heavy atom. The normalized spacial score (nSPS) is 12.5. The summed E-state index contributed by atoms with van der Waals surface area (Å²) in [6.07, 6.45) is 9.04. The van der Waals surface area contributed by atoms with Gasteiger partial charge in [0.05, 0.1) is 23.5 Å². The molecule has 180 valence electrons. The maximum absolute atomic E-state index is 12.5. The summed E-state index contributed by atoms with van der Waals surface area (Å²) in [5, 5.41) is 15.2. The third-order valence-corrected chi connectivity index (χ3v) is 5.58. The van der Waals surface area contributed by atoms with Gasteiger partial charge in [0, 0.05) is 48.9 Å². The Bertz CT molecular complexity index is 1440. The molecule has 0 bridgehead atoms. The second-order valence-electron chi connectivity index (χ2n) is 9.47. The van der Waals surface area contributed by atoms with Gasteiger partial charge < -0.3 is 11.2 Å². The minimum Gasteiger partial charge on any atom is -0.347 e. The van der Waals surface area contributed by atoms with E-state index in [-0.39, 0.29) is 17.2 Å². The summed E-state index contributed by atoms with van der Waals surface area (Å²) < 4.78 is 3.67. The Kier molecular flexibility index (Phi) is 6.50. The second kappa shape index (κ2) is 9.54. The molecule has 0 fully saturated rings. The monoisotopic (exact) mass is 470 g/mol. The van der Waals surface area contributed by atoms with Crippen LogP contribution in [-0.2, 0) is 18.4 Å². The van der Waals surface area contributed by atoms with Crippen LogP contribution in [0.15, 0.2) is 65.2 Å². The van der Waals surface area contributed by atoms with E-state index in [2.05, 4.69) is 43.8 Å². The fourth-order valence-corrected chi connectivity index (χ4v) is 3.72. The van der Waals surface area contributed by atoms with Crippen LogP contribution in [0, 0.1) is 6.92 Å². The number of aromatic nitrogens is 4. The van der Waals surface area contributed by atoms with Gasteiger partial charge in [0.2, 0.25) is 0 Å². The molecule has 0 saturated carbocycles. The fraction of sp³-hybridized carbons (Fsp3) is 0.269. The number of aryl methyl sites for hydroxylation is 2. The molecular weight excluding hydrogens is 440 g/mol. The van der Waals surface area contributed by atoms with E-state index >= 15 is 0 Å². The Balaban J connectivity index is 1.58. The number of aliphatic imine (C=N–C) groups is 1. The minimum atomic E-state index is -0.367. The zero-order valence-corrected chi connectivity index (χ0v) is 20.6. The van der Waals surface area contributed by atoms with Crippen LogP contribution >= 0.6 is 0 Å². The highest BCUT2D eigenvalue weighted by Crippen LogP contribution is 2.31.